The van der Waals surface area contributed by atoms with E-state index >= 15 is 0 Å². The lowest BCUT2D eigenvalue weighted by Gasteiger charge is -2.39. The lowest BCUT2D eigenvalue weighted by atomic mass is 9.78. The molecule has 1 saturated heterocycles. The van der Waals surface area contributed by atoms with Crippen LogP contribution in [0.2, 0.25) is 0 Å². The van der Waals surface area contributed by atoms with Gasteiger partial charge in [0.2, 0.25) is 11.8 Å². The second-order valence-electron chi connectivity index (χ2n) is 24.9. The number of urea groups is 3. The first kappa shape index (κ1) is 55.2. The maximum absolute atomic E-state index is 14.9. The van der Waals surface area contributed by atoms with Crippen molar-refractivity contribution in [1.29, 1.82) is 0 Å². The topological polar surface area (TPSA) is 170 Å². The van der Waals surface area contributed by atoms with Gasteiger partial charge in [-0.1, -0.05) is 166 Å². The molecule has 1 aliphatic heterocycles. The fraction of sp³-hybridized carbons (Fsp3) is 0.571. The number of amides is 9. The Balaban J connectivity index is 1.83. The highest BCUT2D eigenvalue weighted by molar-refractivity contribution is 6.24. The Kier molecular flexibility index (Phi) is 15.3. The van der Waals surface area contributed by atoms with E-state index in [1.54, 1.807) is 24.3 Å². The standard InChI is InChI=1S/C56H79N3O9/c1-20-59(44(62)26-23-35-31-40(55(14,15)16)47(65)41(32-35)56(17,18)19)49(67)57(42(60)24-21-33-27-36(51(2,3)4)45(63)37(28-33)52(5,6)7)48(66)58(50(59)68)43(61)25-22-34-29-38(53(8,9)10)46(64)39(30-34)54(11,12)13/h27-32H,20-26H2,1-19H3,(H2-,63,64,65)/p+1. The summed E-state index contributed by atoms with van der Waals surface area (Å²) in [4.78, 5) is 88.7. The van der Waals surface area contributed by atoms with Gasteiger partial charge in [0.25, 0.3) is 0 Å². The first-order valence-corrected chi connectivity index (χ1v) is 24.0. The third kappa shape index (κ3) is 11.2. The van der Waals surface area contributed by atoms with Crippen LogP contribution in [-0.4, -0.2) is 72.0 Å². The molecule has 372 valence electrons. The number of phenolic OH excluding ortho intramolecular Hbond substituents is 3. The van der Waals surface area contributed by atoms with Crippen LogP contribution in [0.1, 0.15) is 201 Å². The van der Waals surface area contributed by atoms with Gasteiger partial charge in [-0.2, -0.15) is 0 Å². The van der Waals surface area contributed by atoms with E-state index in [-0.39, 0.29) is 42.9 Å². The first-order chi connectivity index (χ1) is 30.7. The van der Waals surface area contributed by atoms with E-state index < -0.39 is 92.2 Å². The van der Waals surface area contributed by atoms with Crippen molar-refractivity contribution in [3.05, 3.63) is 86.5 Å². The molecule has 0 unspecified atom stereocenters. The van der Waals surface area contributed by atoms with Crippen molar-refractivity contribution >= 4 is 35.8 Å². The summed E-state index contributed by atoms with van der Waals surface area (Å²) in [6, 6.07) is 6.66. The van der Waals surface area contributed by atoms with Gasteiger partial charge in [-0.3, -0.25) is 9.59 Å². The van der Waals surface area contributed by atoms with Crippen LogP contribution in [0.25, 0.3) is 0 Å². The van der Waals surface area contributed by atoms with Crippen LogP contribution in [0.4, 0.5) is 14.4 Å². The van der Waals surface area contributed by atoms with Gasteiger partial charge in [0, 0.05) is 12.8 Å². The number of phenols is 3. The van der Waals surface area contributed by atoms with E-state index in [2.05, 4.69) is 0 Å². The number of carbonyl (C=O) groups excluding carboxylic acids is 6. The van der Waals surface area contributed by atoms with Gasteiger partial charge >= 0.3 is 24.0 Å². The molecular formula is C56H80N3O9+. The van der Waals surface area contributed by atoms with Gasteiger partial charge in [-0.15, -0.1) is 9.80 Å². The number of carbonyl (C=O) groups is 6. The number of hydrogen-bond donors (Lipinski definition) is 3. The Hall–Kier alpha value is -5.36. The molecule has 0 saturated carbocycles. The third-order valence-corrected chi connectivity index (χ3v) is 13.1. The number of nitrogens with zero attached hydrogens (tertiary/aromatic N) is 3. The molecule has 0 bridgehead atoms. The summed E-state index contributed by atoms with van der Waals surface area (Å²) >= 11 is 0. The highest BCUT2D eigenvalue weighted by Gasteiger charge is 2.65. The fourth-order valence-corrected chi connectivity index (χ4v) is 8.89. The summed E-state index contributed by atoms with van der Waals surface area (Å²) in [5.74, 6) is -2.46. The molecule has 9 amide bonds. The fourth-order valence-electron chi connectivity index (χ4n) is 8.89. The van der Waals surface area contributed by atoms with Crippen molar-refractivity contribution in [2.24, 2.45) is 0 Å². The van der Waals surface area contributed by atoms with Gasteiger partial charge in [0.1, 0.15) is 23.8 Å². The predicted molar refractivity (Wildman–Crippen MR) is 267 cm³/mol. The van der Waals surface area contributed by atoms with E-state index in [0.717, 1.165) is 0 Å². The third-order valence-electron chi connectivity index (χ3n) is 13.1. The zero-order valence-electron chi connectivity index (χ0n) is 44.5. The smallest absolute Gasteiger partial charge is 0.450 e. The van der Waals surface area contributed by atoms with Crippen LogP contribution >= 0.6 is 0 Å². The molecule has 3 aromatic rings. The number of quaternary nitrogens is 1. The Morgan fingerprint density at radius 3 is 0.853 bits per heavy atom. The molecule has 12 nitrogen and oxygen atoms in total. The van der Waals surface area contributed by atoms with Crippen molar-refractivity contribution in [2.75, 3.05) is 6.54 Å². The minimum Gasteiger partial charge on any atom is -0.507 e. The van der Waals surface area contributed by atoms with Crippen LogP contribution in [-0.2, 0) is 66.1 Å². The summed E-state index contributed by atoms with van der Waals surface area (Å²) in [5.41, 5.74) is 3.07. The molecule has 1 fully saturated rings. The molecule has 0 atom stereocenters. The lowest BCUT2D eigenvalue weighted by molar-refractivity contribution is -0.696. The van der Waals surface area contributed by atoms with E-state index in [4.69, 9.17) is 0 Å². The van der Waals surface area contributed by atoms with E-state index in [0.29, 0.717) is 59.9 Å². The maximum atomic E-state index is 14.9. The molecule has 1 heterocycles. The zero-order chi connectivity index (χ0) is 52.2. The summed E-state index contributed by atoms with van der Waals surface area (Å²) in [6.45, 7) is 36.2. The SMILES string of the molecule is CC[N+]1(C(=O)CCc2cc(C(C)(C)C)c(O)c(C(C)(C)C)c2)C(=O)N(C(=O)CCc2cc(C(C)(C)C)c(O)c(C(C)(C)C)c2)C(=O)N(C(=O)CCc2cc(C(C)(C)C)c(O)c(C(C)(C)C)c2)C1=O. The number of rotatable bonds is 10. The average molecular weight is 939 g/mol. The van der Waals surface area contributed by atoms with Gasteiger partial charge in [-0.05, 0) is 109 Å². The molecule has 0 spiro atoms. The van der Waals surface area contributed by atoms with Crippen molar-refractivity contribution in [3.8, 4) is 17.2 Å². The summed E-state index contributed by atoms with van der Waals surface area (Å²) in [6.07, 6.45) is -1.07. The van der Waals surface area contributed by atoms with Crippen molar-refractivity contribution in [3.63, 3.8) is 0 Å². The number of hydrogen-bond acceptors (Lipinski definition) is 9. The van der Waals surface area contributed by atoms with Crippen molar-refractivity contribution in [2.45, 2.75) is 203 Å². The molecule has 3 aromatic carbocycles. The highest BCUT2D eigenvalue weighted by Crippen LogP contribution is 2.43. The van der Waals surface area contributed by atoms with Crippen molar-refractivity contribution < 1.29 is 48.6 Å². The largest absolute Gasteiger partial charge is 0.507 e. The molecule has 0 aliphatic carbocycles. The molecule has 4 rings (SSSR count). The number of benzene rings is 3. The lowest BCUT2D eigenvalue weighted by Crippen LogP contribution is -2.76. The van der Waals surface area contributed by atoms with Gasteiger partial charge in [-0.25, -0.2) is 19.2 Å². The quantitative estimate of drug-likeness (QED) is 0.167. The molecule has 3 N–H and O–H groups in total. The van der Waals surface area contributed by atoms with Crippen LogP contribution in [0, 0.1) is 0 Å². The summed E-state index contributed by atoms with van der Waals surface area (Å²) < 4.78 is -1.61. The second-order valence-corrected chi connectivity index (χ2v) is 24.9. The molecule has 12 heteroatoms. The summed E-state index contributed by atoms with van der Waals surface area (Å²) in [7, 11) is 0. The highest BCUT2D eigenvalue weighted by atomic mass is 16.3. The van der Waals surface area contributed by atoms with Crippen LogP contribution < -0.4 is 0 Å². The van der Waals surface area contributed by atoms with E-state index in [1.807, 2.05) is 137 Å². The molecule has 68 heavy (non-hydrogen) atoms. The molecular weight excluding hydrogens is 859 g/mol. The van der Waals surface area contributed by atoms with E-state index in [1.165, 1.54) is 6.92 Å². The van der Waals surface area contributed by atoms with Gasteiger partial charge < -0.3 is 15.3 Å². The average Bonchev–Trinajstić information content (AvgIpc) is 3.17. The van der Waals surface area contributed by atoms with Crippen LogP contribution in [0.3, 0.4) is 0 Å². The maximum Gasteiger partial charge on any atom is 0.450 e. The van der Waals surface area contributed by atoms with Gasteiger partial charge in [0.15, 0.2) is 0 Å². The normalized spacial score (nSPS) is 15.3. The first-order valence-electron chi connectivity index (χ1n) is 24.0. The minimum atomic E-state index is -1.61. The molecule has 0 aromatic heterocycles. The number of imide groups is 9. The monoisotopic (exact) mass is 939 g/mol. The number of aromatic hydroxyl groups is 3. The zero-order valence-corrected chi connectivity index (χ0v) is 44.5. The Labute approximate surface area is 405 Å². The van der Waals surface area contributed by atoms with Crippen molar-refractivity contribution in [1.82, 2.24) is 9.80 Å². The Bertz CT molecular complexity index is 2280. The Morgan fingerprint density at radius 2 is 0.647 bits per heavy atom. The van der Waals surface area contributed by atoms with E-state index in [9.17, 15) is 44.1 Å². The Morgan fingerprint density at radius 1 is 0.426 bits per heavy atom. The predicted octanol–water partition coefficient (Wildman–Crippen LogP) is 12.2. The minimum absolute atomic E-state index is 0.0322. The van der Waals surface area contributed by atoms with Gasteiger partial charge in [0.05, 0.1) is 6.42 Å². The van der Waals surface area contributed by atoms with Crippen LogP contribution in [0.15, 0.2) is 36.4 Å². The second kappa shape index (κ2) is 18.9. The summed E-state index contributed by atoms with van der Waals surface area (Å²) in [5, 5.41) is 34.0. The number of aryl methyl sites for hydroxylation is 3. The molecule has 0 radical (unpaired) electrons. The molecule has 1 aliphatic rings. The van der Waals surface area contributed by atoms with Crippen LogP contribution in [0.5, 0.6) is 17.2 Å².